The van der Waals surface area contributed by atoms with Crippen LogP contribution in [0.1, 0.15) is 43.4 Å². The van der Waals surface area contributed by atoms with Gasteiger partial charge in [-0.2, -0.15) is 9.40 Å². The van der Waals surface area contributed by atoms with Crippen molar-refractivity contribution in [3.8, 4) is 0 Å². The Morgan fingerprint density at radius 1 is 1.30 bits per heavy atom. The molecule has 2 heterocycles. The van der Waals surface area contributed by atoms with E-state index in [0.717, 1.165) is 5.82 Å². The topological polar surface area (TPSA) is 68.1 Å². The maximum atomic E-state index is 13.4. The Hall–Kier alpha value is -1.09. The maximum absolute atomic E-state index is 13.4. The number of sulfonamides is 1. The lowest BCUT2D eigenvalue weighted by atomic mass is 9.88. The van der Waals surface area contributed by atoms with Gasteiger partial charge in [-0.25, -0.2) is 26.9 Å². The predicted octanol–water partition coefficient (Wildman–Crippen LogP) is 1.91. The molecule has 130 valence electrons. The Morgan fingerprint density at radius 2 is 2.00 bits per heavy atom. The molecule has 1 aromatic rings. The van der Waals surface area contributed by atoms with Crippen LogP contribution in [0.2, 0.25) is 0 Å². The fraction of sp³-hybridized carbons (Fsp3) is 0.857. The van der Waals surface area contributed by atoms with E-state index in [1.165, 1.54) is 4.31 Å². The number of rotatable bonds is 4. The molecule has 0 radical (unpaired) electrons. The molecule has 0 aromatic carbocycles. The molecule has 2 aliphatic rings. The van der Waals surface area contributed by atoms with Gasteiger partial charge in [-0.1, -0.05) is 0 Å². The van der Waals surface area contributed by atoms with E-state index in [9.17, 15) is 17.2 Å². The summed E-state index contributed by atoms with van der Waals surface area (Å²) in [6.45, 7) is 4.31. The zero-order valence-corrected chi connectivity index (χ0v) is 14.2. The molecule has 0 N–H and O–H groups in total. The summed E-state index contributed by atoms with van der Waals surface area (Å²) in [6, 6.07) is -0.0150. The van der Waals surface area contributed by atoms with Crippen LogP contribution in [0.3, 0.4) is 0 Å². The SMILES string of the molecule is Cc1nc(C)n(C2CN(S(=O)(=O)CC3CCCC(F)(F)C3)C2)n1. The second-order valence-corrected chi connectivity index (χ2v) is 8.73. The summed E-state index contributed by atoms with van der Waals surface area (Å²) in [5, 5.41) is 4.27. The molecule has 0 spiro atoms. The van der Waals surface area contributed by atoms with Gasteiger partial charge in [0.25, 0.3) is 0 Å². The fourth-order valence-corrected chi connectivity index (χ4v) is 5.39. The summed E-state index contributed by atoms with van der Waals surface area (Å²) in [7, 11) is -3.48. The highest BCUT2D eigenvalue weighted by atomic mass is 32.2. The third-order valence-electron chi connectivity index (χ3n) is 4.66. The first-order valence-corrected chi connectivity index (χ1v) is 9.53. The number of aryl methyl sites for hydroxylation is 2. The smallest absolute Gasteiger partial charge is 0.244 e. The Labute approximate surface area is 134 Å². The van der Waals surface area contributed by atoms with E-state index in [1.807, 2.05) is 6.92 Å². The van der Waals surface area contributed by atoms with Crippen LogP contribution >= 0.6 is 0 Å². The zero-order chi connectivity index (χ0) is 16.8. The van der Waals surface area contributed by atoms with Crippen molar-refractivity contribution in [2.24, 2.45) is 5.92 Å². The average molecular weight is 348 g/mol. The molecule has 1 aliphatic heterocycles. The standard InChI is InChI=1S/C14H22F2N4O2S/c1-10-17-11(2)20(18-10)13-7-19(8-13)23(21,22)9-12-4-3-5-14(15,16)6-12/h12-13H,3-9H2,1-2H3. The number of hydrogen-bond acceptors (Lipinski definition) is 4. The normalized spacial score (nSPS) is 26.2. The van der Waals surface area contributed by atoms with E-state index >= 15 is 0 Å². The van der Waals surface area contributed by atoms with E-state index in [-0.39, 0.29) is 24.6 Å². The van der Waals surface area contributed by atoms with Gasteiger partial charge in [0.2, 0.25) is 15.9 Å². The highest BCUT2D eigenvalue weighted by Crippen LogP contribution is 2.38. The molecule has 3 rings (SSSR count). The van der Waals surface area contributed by atoms with Gasteiger partial charge in [-0.15, -0.1) is 0 Å². The highest BCUT2D eigenvalue weighted by molar-refractivity contribution is 7.89. The van der Waals surface area contributed by atoms with E-state index in [4.69, 9.17) is 0 Å². The van der Waals surface area contributed by atoms with E-state index in [1.54, 1.807) is 11.6 Å². The van der Waals surface area contributed by atoms with Crippen molar-refractivity contribution in [1.82, 2.24) is 19.1 Å². The van der Waals surface area contributed by atoms with Gasteiger partial charge in [0.15, 0.2) is 0 Å². The van der Waals surface area contributed by atoms with Crippen molar-refractivity contribution < 1.29 is 17.2 Å². The zero-order valence-electron chi connectivity index (χ0n) is 13.4. The van der Waals surface area contributed by atoms with Crippen LogP contribution in [-0.2, 0) is 10.0 Å². The van der Waals surface area contributed by atoms with E-state index < -0.39 is 21.9 Å². The van der Waals surface area contributed by atoms with Crippen LogP contribution in [-0.4, -0.2) is 52.3 Å². The van der Waals surface area contributed by atoms with E-state index in [2.05, 4.69) is 10.1 Å². The lowest BCUT2D eigenvalue weighted by Gasteiger charge is -2.39. The maximum Gasteiger partial charge on any atom is 0.248 e. The molecular formula is C14H22F2N4O2S. The minimum absolute atomic E-state index is 0.0150. The molecule has 1 aromatic heterocycles. The lowest BCUT2D eigenvalue weighted by molar-refractivity contribution is -0.0490. The van der Waals surface area contributed by atoms with Gasteiger partial charge in [-0.05, 0) is 32.6 Å². The molecule has 1 unspecified atom stereocenters. The summed E-state index contributed by atoms with van der Waals surface area (Å²) < 4.78 is 54.8. The van der Waals surface area contributed by atoms with Gasteiger partial charge in [0, 0.05) is 25.9 Å². The molecule has 0 bridgehead atoms. The van der Waals surface area contributed by atoms with Crippen molar-refractivity contribution in [3.63, 3.8) is 0 Å². The third kappa shape index (κ3) is 3.55. The molecule has 9 heteroatoms. The van der Waals surface area contributed by atoms with Crippen molar-refractivity contribution in [2.45, 2.75) is 51.5 Å². The lowest BCUT2D eigenvalue weighted by Crippen LogP contribution is -2.52. The number of halogens is 2. The molecule has 23 heavy (non-hydrogen) atoms. The number of alkyl halides is 2. The summed E-state index contributed by atoms with van der Waals surface area (Å²) >= 11 is 0. The predicted molar refractivity (Wildman–Crippen MR) is 80.8 cm³/mol. The van der Waals surface area contributed by atoms with Crippen molar-refractivity contribution in [2.75, 3.05) is 18.8 Å². The number of nitrogens with zero attached hydrogens (tertiary/aromatic N) is 4. The van der Waals surface area contributed by atoms with Gasteiger partial charge in [0.05, 0.1) is 11.8 Å². The van der Waals surface area contributed by atoms with Crippen LogP contribution in [0, 0.1) is 19.8 Å². The van der Waals surface area contributed by atoms with Crippen LogP contribution in [0.25, 0.3) is 0 Å². The Bertz CT molecular complexity index is 683. The second kappa shape index (κ2) is 5.77. The molecular weight excluding hydrogens is 326 g/mol. The van der Waals surface area contributed by atoms with Gasteiger partial charge >= 0.3 is 0 Å². The molecule has 0 amide bonds. The van der Waals surface area contributed by atoms with Crippen LogP contribution < -0.4 is 0 Å². The van der Waals surface area contributed by atoms with Crippen molar-refractivity contribution in [1.29, 1.82) is 0 Å². The number of hydrogen-bond donors (Lipinski definition) is 0. The molecule has 1 saturated heterocycles. The van der Waals surface area contributed by atoms with Crippen LogP contribution in [0.15, 0.2) is 0 Å². The molecule has 2 fully saturated rings. The first-order chi connectivity index (χ1) is 10.7. The summed E-state index contributed by atoms with van der Waals surface area (Å²) in [6.07, 6.45) is 0.520. The average Bonchev–Trinajstić information content (AvgIpc) is 2.64. The van der Waals surface area contributed by atoms with Crippen LogP contribution in [0.5, 0.6) is 0 Å². The van der Waals surface area contributed by atoms with Crippen LogP contribution in [0.4, 0.5) is 8.78 Å². The third-order valence-corrected chi connectivity index (χ3v) is 6.64. The Morgan fingerprint density at radius 3 is 2.57 bits per heavy atom. The summed E-state index contributed by atoms with van der Waals surface area (Å²) in [4.78, 5) is 4.21. The fourth-order valence-electron chi connectivity index (χ4n) is 3.50. The highest BCUT2D eigenvalue weighted by Gasteiger charge is 2.42. The minimum Gasteiger partial charge on any atom is -0.244 e. The molecule has 1 atom stereocenters. The summed E-state index contributed by atoms with van der Waals surface area (Å²) in [5.74, 6) is -1.92. The van der Waals surface area contributed by atoms with Gasteiger partial charge < -0.3 is 0 Å². The van der Waals surface area contributed by atoms with Gasteiger partial charge in [-0.3, -0.25) is 0 Å². The molecule has 6 nitrogen and oxygen atoms in total. The van der Waals surface area contributed by atoms with Crippen molar-refractivity contribution in [3.05, 3.63) is 11.6 Å². The largest absolute Gasteiger partial charge is 0.248 e. The monoisotopic (exact) mass is 348 g/mol. The Balaban J connectivity index is 1.59. The van der Waals surface area contributed by atoms with Gasteiger partial charge in [0.1, 0.15) is 11.6 Å². The Kier molecular flexibility index (Phi) is 4.20. The quantitative estimate of drug-likeness (QED) is 0.833. The first kappa shape index (κ1) is 16.8. The van der Waals surface area contributed by atoms with Crippen molar-refractivity contribution >= 4 is 10.0 Å². The number of aromatic nitrogens is 3. The van der Waals surface area contributed by atoms with E-state index in [0.29, 0.717) is 31.8 Å². The summed E-state index contributed by atoms with van der Waals surface area (Å²) in [5.41, 5.74) is 0. The first-order valence-electron chi connectivity index (χ1n) is 7.92. The molecule has 1 saturated carbocycles. The second-order valence-electron chi connectivity index (χ2n) is 6.72. The molecule has 1 aliphatic carbocycles. The minimum atomic E-state index is -3.48.